The van der Waals surface area contributed by atoms with E-state index in [1.807, 2.05) is 17.2 Å². The number of likely N-dealkylation sites (tertiary alicyclic amines) is 2. The molecule has 4 rings (SSSR count). The van der Waals surface area contributed by atoms with Gasteiger partial charge in [0.05, 0.1) is 0 Å². The average molecular weight is 641 g/mol. The predicted molar refractivity (Wildman–Crippen MR) is 153 cm³/mol. The molecule has 36 heavy (non-hydrogen) atoms. The van der Waals surface area contributed by atoms with Crippen LogP contribution in [0.25, 0.3) is 6.08 Å². The number of nitrogens with two attached hydrogens (primary N) is 1. The standard InChI is InChI=1S/C27H33Br2ClN4O2/c28-22-11-20(16-32-17-22)1-2-21-14-23(30)15-25(29)24(21)12-18-3-7-33(8-4-18)26(35)13-19-5-9-34(10-6-19)27(31)36/h11-12,14-15,17,19,32H,1-10,13,16H2,(H2,31,36). The number of urea groups is 1. The van der Waals surface area contributed by atoms with Gasteiger partial charge in [-0.25, -0.2) is 4.79 Å². The van der Waals surface area contributed by atoms with E-state index in [2.05, 4.69) is 55.4 Å². The van der Waals surface area contributed by atoms with Crippen molar-refractivity contribution in [3.05, 3.63) is 60.7 Å². The van der Waals surface area contributed by atoms with Crippen LogP contribution in [0.4, 0.5) is 4.79 Å². The fraction of sp³-hybridized carbons (Fsp3) is 0.481. The first-order valence-electron chi connectivity index (χ1n) is 12.6. The maximum atomic E-state index is 12.9. The van der Waals surface area contributed by atoms with Crippen LogP contribution in [0.3, 0.4) is 0 Å². The summed E-state index contributed by atoms with van der Waals surface area (Å²) >= 11 is 13.7. The number of rotatable bonds is 6. The number of hydrogen-bond acceptors (Lipinski definition) is 3. The van der Waals surface area contributed by atoms with Crippen molar-refractivity contribution in [3.8, 4) is 0 Å². The molecule has 0 saturated carbocycles. The van der Waals surface area contributed by atoms with Gasteiger partial charge >= 0.3 is 6.03 Å². The molecule has 1 aromatic rings. The summed E-state index contributed by atoms with van der Waals surface area (Å²) in [7, 11) is 0. The van der Waals surface area contributed by atoms with Crippen molar-refractivity contribution < 1.29 is 9.59 Å². The highest BCUT2D eigenvalue weighted by Gasteiger charge is 2.26. The Labute approximate surface area is 235 Å². The second-order valence-electron chi connectivity index (χ2n) is 9.83. The quantitative estimate of drug-likeness (QED) is 0.401. The number of hydrogen-bond donors (Lipinski definition) is 2. The van der Waals surface area contributed by atoms with Crippen molar-refractivity contribution in [2.75, 3.05) is 32.7 Å². The van der Waals surface area contributed by atoms with Crippen LogP contribution in [-0.4, -0.2) is 54.5 Å². The molecule has 0 unspecified atom stereocenters. The van der Waals surface area contributed by atoms with Gasteiger partial charge in [0, 0.05) is 59.3 Å². The van der Waals surface area contributed by atoms with Crippen LogP contribution in [0.15, 0.2) is 44.5 Å². The molecule has 3 aliphatic rings. The Morgan fingerprint density at radius 2 is 1.81 bits per heavy atom. The zero-order chi connectivity index (χ0) is 25.7. The van der Waals surface area contributed by atoms with E-state index in [1.165, 1.54) is 22.3 Å². The number of nitrogens with one attached hydrogen (secondary N) is 1. The van der Waals surface area contributed by atoms with Gasteiger partial charge in [0.15, 0.2) is 0 Å². The van der Waals surface area contributed by atoms with Crippen LogP contribution in [0, 0.1) is 5.92 Å². The van der Waals surface area contributed by atoms with Crippen LogP contribution in [-0.2, 0) is 11.2 Å². The lowest BCUT2D eigenvalue weighted by Gasteiger charge is -2.33. The van der Waals surface area contributed by atoms with Gasteiger partial charge in [-0.2, -0.15) is 0 Å². The molecule has 3 amide bonds. The molecule has 0 radical (unpaired) electrons. The van der Waals surface area contributed by atoms with Crippen LogP contribution in [0.5, 0.6) is 0 Å². The molecule has 0 aliphatic carbocycles. The summed E-state index contributed by atoms with van der Waals surface area (Å²) in [5.74, 6) is 0.567. The zero-order valence-corrected chi connectivity index (χ0v) is 24.3. The normalized spacial score (nSPS) is 18.9. The molecule has 2 fully saturated rings. The number of piperidine rings is 2. The third-order valence-corrected chi connectivity index (χ3v) is 8.64. The van der Waals surface area contributed by atoms with E-state index in [0.29, 0.717) is 25.4 Å². The van der Waals surface area contributed by atoms with E-state index in [9.17, 15) is 9.59 Å². The number of halogens is 3. The first-order valence-corrected chi connectivity index (χ1v) is 14.5. The fourth-order valence-electron chi connectivity index (χ4n) is 5.15. The molecular formula is C27H33Br2ClN4O2. The molecule has 0 bridgehead atoms. The van der Waals surface area contributed by atoms with E-state index in [-0.39, 0.29) is 11.9 Å². The molecule has 1 aromatic carbocycles. The topological polar surface area (TPSA) is 78.7 Å². The average Bonchev–Trinajstić information content (AvgIpc) is 2.85. The smallest absolute Gasteiger partial charge is 0.314 e. The molecule has 9 heteroatoms. The number of benzene rings is 1. The van der Waals surface area contributed by atoms with Gasteiger partial charge in [0.1, 0.15) is 0 Å². The number of carbonyl (C=O) groups excluding carboxylic acids is 2. The van der Waals surface area contributed by atoms with Crippen LogP contribution in [0.1, 0.15) is 49.7 Å². The number of dihydropyridines is 1. The van der Waals surface area contributed by atoms with E-state index in [0.717, 1.165) is 72.1 Å². The molecule has 2 saturated heterocycles. The Kier molecular flexibility index (Phi) is 9.58. The van der Waals surface area contributed by atoms with Crippen molar-refractivity contribution in [1.82, 2.24) is 15.1 Å². The van der Waals surface area contributed by atoms with Gasteiger partial charge < -0.3 is 20.9 Å². The third kappa shape index (κ3) is 7.39. The second kappa shape index (κ2) is 12.7. The first-order chi connectivity index (χ1) is 17.3. The van der Waals surface area contributed by atoms with Crippen LogP contribution in [0.2, 0.25) is 5.02 Å². The minimum Gasteiger partial charge on any atom is -0.386 e. The first kappa shape index (κ1) is 27.3. The maximum Gasteiger partial charge on any atom is 0.314 e. The van der Waals surface area contributed by atoms with E-state index >= 15 is 0 Å². The van der Waals surface area contributed by atoms with Gasteiger partial charge in [0.2, 0.25) is 5.91 Å². The number of aryl methyl sites for hydroxylation is 1. The lowest BCUT2D eigenvalue weighted by molar-refractivity contribution is -0.132. The molecule has 0 atom stereocenters. The number of nitrogens with zero attached hydrogens (tertiary/aromatic N) is 2. The van der Waals surface area contributed by atoms with E-state index < -0.39 is 0 Å². The minimum atomic E-state index is -0.362. The van der Waals surface area contributed by atoms with E-state index in [4.69, 9.17) is 17.3 Å². The molecular weight excluding hydrogens is 608 g/mol. The van der Waals surface area contributed by atoms with E-state index in [1.54, 1.807) is 4.90 Å². The molecule has 3 aliphatic heterocycles. The Hall–Kier alpha value is -1.77. The molecule has 3 heterocycles. The lowest BCUT2D eigenvalue weighted by atomic mass is 9.92. The molecule has 194 valence electrons. The Bertz CT molecular complexity index is 1080. The number of carbonyl (C=O) groups is 2. The highest BCUT2D eigenvalue weighted by Crippen LogP contribution is 2.32. The highest BCUT2D eigenvalue weighted by atomic mass is 79.9. The van der Waals surface area contributed by atoms with Crippen molar-refractivity contribution >= 4 is 61.5 Å². The highest BCUT2D eigenvalue weighted by molar-refractivity contribution is 9.12. The third-order valence-electron chi connectivity index (χ3n) is 7.30. The molecule has 0 aromatic heterocycles. The number of allylic oxidation sites excluding steroid dienone is 2. The fourth-order valence-corrected chi connectivity index (χ4v) is 6.63. The summed E-state index contributed by atoms with van der Waals surface area (Å²) < 4.78 is 2.07. The maximum absolute atomic E-state index is 12.9. The number of primary amides is 1. The molecule has 0 spiro atoms. The van der Waals surface area contributed by atoms with Gasteiger partial charge in [-0.05, 0) is 95.3 Å². The van der Waals surface area contributed by atoms with Crippen molar-refractivity contribution in [1.29, 1.82) is 0 Å². The predicted octanol–water partition coefficient (Wildman–Crippen LogP) is 5.99. The summed E-state index contributed by atoms with van der Waals surface area (Å²) in [6.45, 7) is 3.68. The lowest BCUT2D eigenvalue weighted by Crippen LogP contribution is -2.43. The minimum absolute atomic E-state index is 0.231. The van der Waals surface area contributed by atoms with Gasteiger partial charge in [-0.1, -0.05) is 39.2 Å². The van der Waals surface area contributed by atoms with Crippen molar-refractivity contribution in [3.63, 3.8) is 0 Å². The van der Waals surface area contributed by atoms with Crippen LogP contribution < -0.4 is 11.1 Å². The number of amides is 3. The summed E-state index contributed by atoms with van der Waals surface area (Å²) in [6.07, 6.45) is 12.3. The summed E-state index contributed by atoms with van der Waals surface area (Å²) in [6, 6.07) is 3.67. The van der Waals surface area contributed by atoms with Crippen molar-refractivity contribution in [2.45, 2.75) is 44.9 Å². The Morgan fingerprint density at radius 1 is 1.08 bits per heavy atom. The van der Waals surface area contributed by atoms with Crippen molar-refractivity contribution in [2.24, 2.45) is 11.7 Å². The largest absolute Gasteiger partial charge is 0.386 e. The second-order valence-corrected chi connectivity index (χ2v) is 12.0. The summed E-state index contributed by atoms with van der Waals surface area (Å²) in [5, 5.41) is 4.03. The van der Waals surface area contributed by atoms with Gasteiger partial charge in [-0.3, -0.25) is 4.79 Å². The molecule has 3 N–H and O–H groups in total. The van der Waals surface area contributed by atoms with Gasteiger partial charge in [-0.15, -0.1) is 0 Å². The summed E-state index contributed by atoms with van der Waals surface area (Å²) in [4.78, 5) is 27.9. The Morgan fingerprint density at radius 3 is 2.47 bits per heavy atom. The molecule has 6 nitrogen and oxygen atoms in total. The Balaban J connectivity index is 1.34. The summed E-state index contributed by atoms with van der Waals surface area (Å²) in [5.41, 5.74) is 10.5. The monoisotopic (exact) mass is 638 g/mol. The SMILES string of the molecule is NC(=O)N1CCC(CC(=O)N2CCC(=Cc3c(Br)cc(Cl)cc3CCC3=CC(Br)=CNC3)CC2)CC1. The zero-order valence-electron chi connectivity index (χ0n) is 20.4. The van der Waals surface area contributed by atoms with Crippen LogP contribution >= 0.6 is 43.5 Å². The van der Waals surface area contributed by atoms with Gasteiger partial charge in [0.25, 0.3) is 0 Å².